The number of likely N-dealkylation sites (tertiary alicyclic amines) is 1. The van der Waals surface area contributed by atoms with Crippen molar-refractivity contribution in [3.8, 4) is 0 Å². The summed E-state index contributed by atoms with van der Waals surface area (Å²) >= 11 is 0. The third-order valence-electron chi connectivity index (χ3n) is 6.48. The number of piperidine rings is 1. The molecule has 0 radical (unpaired) electrons. The van der Waals surface area contributed by atoms with Crippen molar-refractivity contribution in [2.24, 2.45) is 10.4 Å². The molecule has 2 aliphatic rings. The number of carbonyl (C=O) groups is 1. The second kappa shape index (κ2) is 8.57. The van der Waals surface area contributed by atoms with E-state index in [0.29, 0.717) is 18.6 Å². The minimum atomic E-state index is -0.0901. The van der Waals surface area contributed by atoms with Crippen molar-refractivity contribution in [1.29, 1.82) is 0 Å². The second-order valence-corrected chi connectivity index (χ2v) is 8.25. The van der Waals surface area contributed by atoms with E-state index in [0.717, 1.165) is 44.9 Å². The van der Waals surface area contributed by atoms with Gasteiger partial charge in [0.1, 0.15) is 0 Å². The van der Waals surface area contributed by atoms with Gasteiger partial charge in [-0.05, 0) is 33.1 Å². The van der Waals surface area contributed by atoms with Crippen LogP contribution in [0.1, 0.15) is 47.0 Å². The molecule has 1 saturated carbocycles. The first-order chi connectivity index (χ1) is 12.3. The average molecular weight is 368 g/mol. The highest BCUT2D eigenvalue weighted by Crippen LogP contribution is 2.51. The summed E-state index contributed by atoms with van der Waals surface area (Å²) < 4.78 is 5.72. The molecule has 1 aliphatic heterocycles. The summed E-state index contributed by atoms with van der Waals surface area (Å²) in [4.78, 5) is 18.4. The van der Waals surface area contributed by atoms with Crippen molar-refractivity contribution in [2.45, 2.75) is 64.6 Å². The van der Waals surface area contributed by atoms with Crippen LogP contribution < -0.4 is 16.0 Å². The molecule has 0 spiro atoms. The molecule has 3 N–H and O–H groups in total. The number of methoxy groups -OCH3 is 1. The molecule has 1 amide bonds. The van der Waals surface area contributed by atoms with E-state index in [1.807, 2.05) is 0 Å². The standard InChI is InChI=1S/C19H37N5O2/c1-7-21-17(23-15-12-19(4,26-6)18(15,2)3)22-14-8-10-24(11-9-14)13-16(25)20-5/h14-15H,7-13H2,1-6H3,(H,20,25)(H2,21,22,23). The monoisotopic (exact) mass is 367 g/mol. The third-order valence-corrected chi connectivity index (χ3v) is 6.48. The largest absolute Gasteiger partial charge is 0.378 e. The van der Waals surface area contributed by atoms with E-state index in [1.165, 1.54) is 0 Å². The summed E-state index contributed by atoms with van der Waals surface area (Å²) in [6, 6.07) is 0.740. The van der Waals surface area contributed by atoms with Crippen LogP contribution in [0.5, 0.6) is 0 Å². The summed E-state index contributed by atoms with van der Waals surface area (Å²) in [6.07, 6.45) is 3.02. The van der Waals surface area contributed by atoms with Gasteiger partial charge in [-0.15, -0.1) is 0 Å². The van der Waals surface area contributed by atoms with Gasteiger partial charge in [0.15, 0.2) is 5.96 Å². The molecule has 7 nitrogen and oxygen atoms in total. The number of amides is 1. The fourth-order valence-corrected chi connectivity index (χ4v) is 3.89. The molecule has 2 fully saturated rings. The Labute approximate surface area is 158 Å². The van der Waals surface area contributed by atoms with Crippen LogP contribution in [-0.2, 0) is 9.53 Å². The number of hydrogen-bond acceptors (Lipinski definition) is 4. The summed E-state index contributed by atoms with van der Waals surface area (Å²) in [7, 11) is 3.48. The van der Waals surface area contributed by atoms with Gasteiger partial charge in [-0.3, -0.25) is 14.7 Å². The fourth-order valence-electron chi connectivity index (χ4n) is 3.89. The minimum absolute atomic E-state index is 0.0504. The molecule has 2 unspecified atom stereocenters. The van der Waals surface area contributed by atoms with E-state index >= 15 is 0 Å². The molecule has 1 aliphatic carbocycles. The number of aliphatic imine (C=N–C) groups is 1. The van der Waals surface area contributed by atoms with Crippen LogP contribution in [0.15, 0.2) is 4.99 Å². The maximum absolute atomic E-state index is 11.5. The van der Waals surface area contributed by atoms with Crippen molar-refractivity contribution in [2.75, 3.05) is 40.3 Å². The lowest BCUT2D eigenvalue weighted by atomic mass is 9.56. The zero-order valence-electron chi connectivity index (χ0n) is 17.3. The van der Waals surface area contributed by atoms with Gasteiger partial charge in [-0.1, -0.05) is 13.8 Å². The normalized spacial score (nSPS) is 29.8. The smallest absolute Gasteiger partial charge is 0.233 e. The van der Waals surface area contributed by atoms with Gasteiger partial charge < -0.3 is 20.7 Å². The quantitative estimate of drug-likeness (QED) is 0.481. The highest BCUT2D eigenvalue weighted by Gasteiger charge is 2.58. The molecule has 0 aromatic rings. The van der Waals surface area contributed by atoms with Crippen molar-refractivity contribution >= 4 is 11.9 Å². The fraction of sp³-hybridized carbons (Fsp3) is 0.895. The Morgan fingerprint density at radius 1 is 1.23 bits per heavy atom. The van der Waals surface area contributed by atoms with Crippen LogP contribution in [-0.4, -0.2) is 74.8 Å². The number of hydrogen-bond donors (Lipinski definition) is 3. The predicted molar refractivity (Wildman–Crippen MR) is 105 cm³/mol. The lowest BCUT2D eigenvalue weighted by molar-refractivity contribution is -0.176. The van der Waals surface area contributed by atoms with Gasteiger partial charge in [0.05, 0.1) is 12.1 Å². The van der Waals surface area contributed by atoms with Crippen molar-refractivity contribution < 1.29 is 9.53 Å². The summed E-state index contributed by atoms with van der Waals surface area (Å²) in [5.74, 6) is 0.980. The predicted octanol–water partition coefficient (Wildman–Crippen LogP) is 0.956. The van der Waals surface area contributed by atoms with Crippen LogP contribution >= 0.6 is 0 Å². The maximum Gasteiger partial charge on any atom is 0.233 e. The molecule has 1 saturated heterocycles. The zero-order chi connectivity index (χ0) is 19.4. The molecular formula is C19H37N5O2. The van der Waals surface area contributed by atoms with Crippen LogP contribution in [0.25, 0.3) is 0 Å². The summed E-state index contributed by atoms with van der Waals surface area (Å²) in [5, 5.41) is 9.90. The third kappa shape index (κ3) is 4.49. The minimum Gasteiger partial charge on any atom is -0.378 e. The molecule has 26 heavy (non-hydrogen) atoms. The van der Waals surface area contributed by atoms with Gasteiger partial charge in [0.2, 0.25) is 5.91 Å². The Bertz CT molecular complexity index is 514. The van der Waals surface area contributed by atoms with Crippen molar-refractivity contribution in [3.05, 3.63) is 0 Å². The Kier molecular flexibility index (Phi) is 6.91. The number of rotatable bonds is 6. The number of likely N-dealkylation sites (N-methyl/N-ethyl adjacent to an activating group) is 1. The number of guanidine groups is 1. The number of ether oxygens (including phenoxy) is 1. The first-order valence-electron chi connectivity index (χ1n) is 9.81. The van der Waals surface area contributed by atoms with E-state index in [2.05, 4.69) is 53.5 Å². The average Bonchev–Trinajstić information content (AvgIpc) is 2.62. The second-order valence-electron chi connectivity index (χ2n) is 8.25. The lowest BCUT2D eigenvalue weighted by Crippen LogP contribution is -2.70. The maximum atomic E-state index is 11.5. The molecule has 1 heterocycles. The van der Waals surface area contributed by atoms with Gasteiger partial charge in [-0.25, -0.2) is 0 Å². The topological polar surface area (TPSA) is 78.0 Å². The Morgan fingerprint density at radius 2 is 1.88 bits per heavy atom. The number of nitrogens with one attached hydrogen (secondary N) is 3. The van der Waals surface area contributed by atoms with Crippen LogP contribution in [0, 0.1) is 5.41 Å². The van der Waals surface area contributed by atoms with Gasteiger partial charge in [0.25, 0.3) is 0 Å². The highest BCUT2D eigenvalue weighted by atomic mass is 16.5. The summed E-state index contributed by atoms with van der Waals surface area (Å²) in [6.45, 7) is 11.8. The Balaban J connectivity index is 1.85. The molecule has 0 aromatic carbocycles. The van der Waals surface area contributed by atoms with Crippen LogP contribution in [0.3, 0.4) is 0 Å². The van der Waals surface area contributed by atoms with Crippen molar-refractivity contribution in [3.63, 3.8) is 0 Å². The first-order valence-corrected chi connectivity index (χ1v) is 9.81. The first kappa shape index (κ1) is 21.0. The number of nitrogens with zero attached hydrogens (tertiary/aromatic N) is 2. The SMILES string of the molecule is CCN=C(NC1CCN(CC(=O)NC)CC1)NC1CC(C)(OC)C1(C)C. The van der Waals surface area contributed by atoms with Gasteiger partial charge >= 0.3 is 0 Å². The van der Waals surface area contributed by atoms with Crippen molar-refractivity contribution in [1.82, 2.24) is 20.9 Å². The van der Waals surface area contributed by atoms with Gasteiger partial charge in [0, 0.05) is 51.3 Å². The Morgan fingerprint density at radius 3 is 2.38 bits per heavy atom. The van der Waals surface area contributed by atoms with Crippen LogP contribution in [0.4, 0.5) is 0 Å². The molecule has 150 valence electrons. The molecular weight excluding hydrogens is 330 g/mol. The lowest BCUT2D eigenvalue weighted by Gasteiger charge is -2.59. The molecule has 2 atom stereocenters. The van der Waals surface area contributed by atoms with Gasteiger partial charge in [-0.2, -0.15) is 0 Å². The van der Waals surface area contributed by atoms with Crippen LogP contribution in [0.2, 0.25) is 0 Å². The van der Waals surface area contributed by atoms with E-state index in [9.17, 15) is 4.79 Å². The van der Waals surface area contributed by atoms with E-state index < -0.39 is 0 Å². The zero-order valence-corrected chi connectivity index (χ0v) is 17.3. The van der Waals surface area contributed by atoms with E-state index in [1.54, 1.807) is 14.2 Å². The number of carbonyl (C=O) groups excluding carboxylic acids is 1. The molecule has 0 bridgehead atoms. The Hall–Kier alpha value is -1.34. The summed E-state index contributed by atoms with van der Waals surface area (Å²) in [5.41, 5.74) is -0.0397. The molecule has 0 aromatic heterocycles. The van der Waals surface area contributed by atoms with E-state index in [-0.39, 0.29) is 16.9 Å². The van der Waals surface area contributed by atoms with E-state index in [4.69, 9.17) is 4.74 Å². The molecule has 7 heteroatoms. The highest BCUT2D eigenvalue weighted by molar-refractivity contribution is 5.81. The molecule has 2 rings (SSSR count).